The first kappa shape index (κ1) is 10.3. The molecule has 3 nitrogen and oxygen atoms in total. The molecule has 0 saturated carbocycles. The lowest BCUT2D eigenvalue weighted by molar-refractivity contribution is 0.102. The van der Waals surface area contributed by atoms with Crippen LogP contribution in [0.2, 0.25) is 0 Å². The number of rotatable bonds is 1. The van der Waals surface area contributed by atoms with Gasteiger partial charge >= 0.3 is 0 Å². The number of benzene rings is 1. The number of halogens is 1. The fraction of sp³-hybridized carbons (Fsp3) is 0.333. The van der Waals surface area contributed by atoms with E-state index in [1.165, 1.54) is 0 Å². The van der Waals surface area contributed by atoms with Crippen molar-refractivity contribution in [2.75, 3.05) is 13.2 Å². The minimum Gasteiger partial charge on any atom is -0.508 e. The van der Waals surface area contributed by atoms with Crippen LogP contribution in [0.5, 0.6) is 5.75 Å². The van der Waals surface area contributed by atoms with E-state index in [9.17, 15) is 0 Å². The molecule has 0 aliphatic carbocycles. The molecule has 1 saturated heterocycles. The van der Waals surface area contributed by atoms with Gasteiger partial charge in [-0.3, -0.25) is 5.32 Å². The maximum absolute atomic E-state index is 9.04. The quantitative estimate of drug-likeness (QED) is 0.723. The lowest BCUT2D eigenvalue weighted by Crippen LogP contribution is -2.13. The lowest BCUT2D eigenvalue weighted by Gasteiger charge is -2.09. The SMILES string of the molecule is Cl.Oc1ccc(C2NCCO2)cc1. The van der Waals surface area contributed by atoms with Crippen molar-refractivity contribution in [1.29, 1.82) is 0 Å². The van der Waals surface area contributed by atoms with Crippen LogP contribution in [0.3, 0.4) is 0 Å². The summed E-state index contributed by atoms with van der Waals surface area (Å²) in [6.45, 7) is 1.65. The zero-order valence-corrected chi connectivity index (χ0v) is 7.88. The van der Waals surface area contributed by atoms with Gasteiger partial charge in [0, 0.05) is 6.54 Å². The lowest BCUT2D eigenvalue weighted by atomic mass is 10.2. The maximum atomic E-state index is 9.04. The van der Waals surface area contributed by atoms with Gasteiger partial charge in [0.25, 0.3) is 0 Å². The highest BCUT2D eigenvalue weighted by Gasteiger charge is 2.15. The van der Waals surface area contributed by atoms with Crippen LogP contribution in [0.15, 0.2) is 24.3 Å². The monoisotopic (exact) mass is 201 g/mol. The summed E-state index contributed by atoms with van der Waals surface area (Å²) in [5.74, 6) is 0.289. The molecule has 0 amide bonds. The zero-order valence-electron chi connectivity index (χ0n) is 7.06. The number of nitrogens with one attached hydrogen (secondary N) is 1. The van der Waals surface area contributed by atoms with Crippen LogP contribution in [0.1, 0.15) is 11.8 Å². The number of phenols is 1. The second-order valence-corrected chi connectivity index (χ2v) is 2.80. The molecule has 1 aliphatic rings. The topological polar surface area (TPSA) is 41.5 Å². The molecular formula is C9H12ClNO2. The van der Waals surface area contributed by atoms with Crippen LogP contribution in [0.4, 0.5) is 0 Å². The third kappa shape index (κ3) is 2.34. The van der Waals surface area contributed by atoms with Crippen LogP contribution in [0, 0.1) is 0 Å². The molecule has 0 radical (unpaired) electrons. The summed E-state index contributed by atoms with van der Waals surface area (Å²) in [6.07, 6.45) is 0.00519. The minimum absolute atomic E-state index is 0. The minimum atomic E-state index is 0. The highest BCUT2D eigenvalue weighted by atomic mass is 35.5. The summed E-state index contributed by atoms with van der Waals surface area (Å²) in [4.78, 5) is 0. The Labute approximate surface area is 83.1 Å². The summed E-state index contributed by atoms with van der Waals surface area (Å²) >= 11 is 0. The Morgan fingerprint density at radius 1 is 1.31 bits per heavy atom. The summed E-state index contributed by atoms with van der Waals surface area (Å²) in [5.41, 5.74) is 1.06. The van der Waals surface area contributed by atoms with Gasteiger partial charge in [0.15, 0.2) is 0 Å². The third-order valence-electron chi connectivity index (χ3n) is 1.91. The first-order chi connectivity index (χ1) is 5.86. The molecule has 1 unspecified atom stereocenters. The van der Waals surface area contributed by atoms with Gasteiger partial charge < -0.3 is 9.84 Å². The molecule has 0 spiro atoms. The normalized spacial score (nSPS) is 21.1. The van der Waals surface area contributed by atoms with Gasteiger partial charge in [0.2, 0.25) is 0 Å². The van der Waals surface area contributed by atoms with Gasteiger partial charge in [0.1, 0.15) is 12.0 Å². The molecule has 1 atom stereocenters. The molecule has 1 fully saturated rings. The fourth-order valence-corrected chi connectivity index (χ4v) is 1.29. The van der Waals surface area contributed by atoms with Crippen molar-refractivity contribution in [1.82, 2.24) is 5.32 Å². The van der Waals surface area contributed by atoms with E-state index in [1.807, 2.05) is 12.1 Å². The van der Waals surface area contributed by atoms with Gasteiger partial charge in [-0.25, -0.2) is 0 Å². The van der Waals surface area contributed by atoms with Gasteiger partial charge in [-0.15, -0.1) is 12.4 Å². The van der Waals surface area contributed by atoms with E-state index in [-0.39, 0.29) is 24.4 Å². The van der Waals surface area contributed by atoms with E-state index >= 15 is 0 Å². The largest absolute Gasteiger partial charge is 0.508 e. The molecule has 2 N–H and O–H groups in total. The Hall–Kier alpha value is -0.770. The van der Waals surface area contributed by atoms with Crippen molar-refractivity contribution in [3.8, 4) is 5.75 Å². The molecule has 1 aromatic rings. The Morgan fingerprint density at radius 3 is 2.54 bits per heavy atom. The van der Waals surface area contributed by atoms with E-state index in [1.54, 1.807) is 12.1 Å². The van der Waals surface area contributed by atoms with E-state index < -0.39 is 0 Å². The number of ether oxygens (including phenoxy) is 1. The molecule has 2 rings (SSSR count). The van der Waals surface area contributed by atoms with E-state index in [2.05, 4.69) is 5.32 Å². The average molecular weight is 202 g/mol. The third-order valence-corrected chi connectivity index (χ3v) is 1.91. The van der Waals surface area contributed by atoms with Gasteiger partial charge in [-0.1, -0.05) is 12.1 Å². The molecule has 1 aliphatic heterocycles. The predicted octanol–water partition coefficient (Wildman–Crippen LogP) is 1.43. The number of phenolic OH excluding ortho intramolecular Hbond substituents is 1. The molecule has 0 aromatic heterocycles. The maximum Gasteiger partial charge on any atom is 0.134 e. The Morgan fingerprint density at radius 2 is 2.00 bits per heavy atom. The summed E-state index contributed by atoms with van der Waals surface area (Å²) in [6, 6.07) is 7.05. The Kier molecular flexibility index (Phi) is 3.54. The first-order valence-corrected chi connectivity index (χ1v) is 4.00. The van der Waals surface area contributed by atoms with Crippen molar-refractivity contribution < 1.29 is 9.84 Å². The first-order valence-electron chi connectivity index (χ1n) is 4.00. The molecule has 1 heterocycles. The molecule has 13 heavy (non-hydrogen) atoms. The average Bonchev–Trinajstić information content (AvgIpc) is 2.58. The second kappa shape index (κ2) is 4.46. The smallest absolute Gasteiger partial charge is 0.134 e. The van der Waals surface area contributed by atoms with Crippen LogP contribution in [-0.2, 0) is 4.74 Å². The van der Waals surface area contributed by atoms with Crippen LogP contribution in [0.25, 0.3) is 0 Å². The molecule has 4 heteroatoms. The second-order valence-electron chi connectivity index (χ2n) is 2.80. The van der Waals surface area contributed by atoms with Crippen molar-refractivity contribution in [2.45, 2.75) is 6.23 Å². The van der Waals surface area contributed by atoms with Crippen LogP contribution < -0.4 is 5.32 Å². The van der Waals surface area contributed by atoms with E-state index in [0.717, 1.165) is 18.7 Å². The standard InChI is InChI=1S/C9H11NO2.ClH/c11-8-3-1-7(2-4-8)9-10-5-6-12-9;/h1-4,9-11H,5-6H2;1H. The summed E-state index contributed by atoms with van der Waals surface area (Å²) in [5, 5.41) is 12.2. The fourth-order valence-electron chi connectivity index (χ4n) is 1.29. The molecule has 1 aromatic carbocycles. The van der Waals surface area contributed by atoms with Crippen molar-refractivity contribution in [2.24, 2.45) is 0 Å². The van der Waals surface area contributed by atoms with Gasteiger partial charge in [-0.2, -0.15) is 0 Å². The van der Waals surface area contributed by atoms with Crippen LogP contribution in [-0.4, -0.2) is 18.3 Å². The predicted molar refractivity (Wildman–Crippen MR) is 52.1 cm³/mol. The Bertz CT molecular complexity index is 257. The highest BCUT2D eigenvalue weighted by Crippen LogP contribution is 2.19. The Balaban J connectivity index is 0.000000845. The zero-order chi connectivity index (χ0) is 8.39. The highest BCUT2D eigenvalue weighted by molar-refractivity contribution is 5.85. The number of hydrogen-bond acceptors (Lipinski definition) is 3. The van der Waals surface area contributed by atoms with Crippen molar-refractivity contribution in [3.63, 3.8) is 0 Å². The summed E-state index contributed by atoms with van der Waals surface area (Å²) < 4.78 is 5.39. The number of aromatic hydroxyl groups is 1. The molecule has 72 valence electrons. The van der Waals surface area contributed by atoms with E-state index in [0.29, 0.717) is 0 Å². The summed E-state index contributed by atoms with van der Waals surface area (Å²) in [7, 11) is 0. The van der Waals surface area contributed by atoms with Crippen molar-refractivity contribution in [3.05, 3.63) is 29.8 Å². The van der Waals surface area contributed by atoms with Crippen LogP contribution >= 0.6 is 12.4 Å². The molecule has 0 bridgehead atoms. The van der Waals surface area contributed by atoms with E-state index in [4.69, 9.17) is 9.84 Å². The number of hydrogen-bond donors (Lipinski definition) is 2. The molecular weight excluding hydrogens is 190 g/mol. The van der Waals surface area contributed by atoms with Gasteiger partial charge in [0.05, 0.1) is 6.61 Å². The van der Waals surface area contributed by atoms with Gasteiger partial charge in [-0.05, 0) is 17.7 Å². The van der Waals surface area contributed by atoms with Crippen molar-refractivity contribution >= 4 is 12.4 Å².